The van der Waals surface area contributed by atoms with Crippen molar-refractivity contribution in [3.8, 4) is 23.1 Å². The summed E-state index contributed by atoms with van der Waals surface area (Å²) in [5.41, 5.74) is 0.813. The SMILES string of the molecule is COc1cc2ncn(-c3ccc(CCO)c(-n4ccc(C(F)(F)F)n4)n3)c2cc1OC. The van der Waals surface area contributed by atoms with Gasteiger partial charge in [0.25, 0.3) is 0 Å². The Balaban J connectivity index is 1.85. The molecule has 0 spiro atoms. The second kappa shape index (κ2) is 7.91. The number of fused-ring (bicyclic) bond motifs is 1. The second-order valence-electron chi connectivity index (χ2n) is 6.58. The van der Waals surface area contributed by atoms with Gasteiger partial charge < -0.3 is 14.6 Å². The fourth-order valence-corrected chi connectivity index (χ4v) is 3.23. The van der Waals surface area contributed by atoms with Crippen molar-refractivity contribution in [2.24, 2.45) is 0 Å². The molecule has 4 aromatic rings. The lowest BCUT2D eigenvalue weighted by Crippen LogP contribution is -2.11. The van der Waals surface area contributed by atoms with Crippen LogP contribution in [0.3, 0.4) is 0 Å². The van der Waals surface area contributed by atoms with Crippen LogP contribution >= 0.6 is 0 Å². The Hall–Kier alpha value is -3.60. The number of hydrogen-bond donors (Lipinski definition) is 1. The monoisotopic (exact) mass is 433 g/mol. The zero-order chi connectivity index (χ0) is 22.2. The molecule has 11 heteroatoms. The maximum absolute atomic E-state index is 13.0. The van der Waals surface area contributed by atoms with Crippen molar-refractivity contribution < 1.29 is 27.8 Å². The van der Waals surface area contributed by atoms with Crippen LogP contribution in [0.4, 0.5) is 13.2 Å². The van der Waals surface area contributed by atoms with E-state index in [-0.39, 0.29) is 18.8 Å². The summed E-state index contributed by atoms with van der Waals surface area (Å²) in [6.07, 6.45) is -1.63. The summed E-state index contributed by atoms with van der Waals surface area (Å²) in [4.78, 5) is 8.87. The van der Waals surface area contributed by atoms with Gasteiger partial charge in [-0.3, -0.25) is 4.57 Å². The van der Waals surface area contributed by atoms with E-state index in [1.54, 1.807) is 35.2 Å². The van der Waals surface area contributed by atoms with Crippen molar-refractivity contribution in [1.29, 1.82) is 0 Å². The molecule has 0 aliphatic heterocycles. The minimum atomic E-state index is -4.57. The molecule has 0 saturated heterocycles. The number of rotatable bonds is 6. The topological polar surface area (TPSA) is 87.2 Å². The first-order valence-electron chi connectivity index (χ1n) is 9.19. The highest BCUT2D eigenvalue weighted by Gasteiger charge is 2.34. The smallest absolute Gasteiger partial charge is 0.435 e. The molecule has 0 aliphatic carbocycles. The molecule has 8 nitrogen and oxygen atoms in total. The Morgan fingerprint density at radius 2 is 1.81 bits per heavy atom. The Bertz CT molecular complexity index is 1230. The van der Waals surface area contributed by atoms with E-state index in [9.17, 15) is 18.3 Å². The van der Waals surface area contributed by atoms with Crippen molar-refractivity contribution >= 4 is 11.0 Å². The van der Waals surface area contributed by atoms with Crippen molar-refractivity contribution in [3.63, 3.8) is 0 Å². The quantitative estimate of drug-likeness (QED) is 0.503. The van der Waals surface area contributed by atoms with Crippen LogP contribution in [0.15, 0.2) is 42.9 Å². The van der Waals surface area contributed by atoms with Crippen LogP contribution in [-0.4, -0.2) is 50.2 Å². The fourth-order valence-electron chi connectivity index (χ4n) is 3.23. The van der Waals surface area contributed by atoms with Gasteiger partial charge in [-0.2, -0.15) is 18.3 Å². The largest absolute Gasteiger partial charge is 0.493 e. The summed E-state index contributed by atoms with van der Waals surface area (Å²) in [5, 5.41) is 13.0. The number of pyridine rings is 1. The van der Waals surface area contributed by atoms with Crippen LogP contribution in [-0.2, 0) is 12.6 Å². The number of alkyl halides is 3. The van der Waals surface area contributed by atoms with Gasteiger partial charge in [-0.1, -0.05) is 6.07 Å². The molecular weight excluding hydrogens is 415 g/mol. The number of aromatic nitrogens is 5. The lowest BCUT2D eigenvalue weighted by Gasteiger charge is -2.12. The summed E-state index contributed by atoms with van der Waals surface area (Å²) in [5.74, 6) is 1.61. The van der Waals surface area contributed by atoms with E-state index in [2.05, 4.69) is 15.1 Å². The minimum absolute atomic E-state index is 0.185. The number of ether oxygens (including phenoxy) is 2. The first-order chi connectivity index (χ1) is 14.9. The maximum Gasteiger partial charge on any atom is 0.435 e. The first kappa shape index (κ1) is 20.7. The number of hydrogen-bond acceptors (Lipinski definition) is 6. The fraction of sp³-hybridized carbons (Fsp3) is 0.250. The molecule has 0 radical (unpaired) electrons. The van der Waals surface area contributed by atoms with Gasteiger partial charge in [0.2, 0.25) is 0 Å². The third-order valence-electron chi connectivity index (χ3n) is 4.72. The zero-order valence-electron chi connectivity index (χ0n) is 16.6. The Labute approximate surface area is 174 Å². The molecule has 0 fully saturated rings. The maximum atomic E-state index is 13.0. The lowest BCUT2D eigenvalue weighted by molar-refractivity contribution is -0.141. The van der Waals surface area contributed by atoms with E-state index in [1.165, 1.54) is 20.4 Å². The number of benzene rings is 1. The molecule has 1 N–H and O–H groups in total. The molecule has 3 heterocycles. The molecule has 0 saturated carbocycles. The molecule has 4 rings (SSSR count). The Kier molecular flexibility index (Phi) is 5.27. The molecule has 0 aliphatic rings. The average molecular weight is 433 g/mol. The second-order valence-corrected chi connectivity index (χ2v) is 6.58. The molecular formula is C20H18F3N5O3. The Morgan fingerprint density at radius 1 is 1.06 bits per heavy atom. The van der Waals surface area contributed by atoms with Gasteiger partial charge in [-0.05, 0) is 24.1 Å². The predicted molar refractivity (Wildman–Crippen MR) is 105 cm³/mol. The average Bonchev–Trinajstić information content (AvgIpc) is 3.40. The Morgan fingerprint density at radius 3 is 2.45 bits per heavy atom. The highest BCUT2D eigenvalue weighted by atomic mass is 19.4. The number of methoxy groups -OCH3 is 2. The van der Waals surface area contributed by atoms with Gasteiger partial charge in [0.15, 0.2) is 23.0 Å². The van der Waals surface area contributed by atoms with Gasteiger partial charge >= 0.3 is 6.18 Å². The summed E-state index contributed by atoms with van der Waals surface area (Å²) in [6.45, 7) is -0.188. The summed E-state index contributed by atoms with van der Waals surface area (Å²) in [7, 11) is 3.04. The van der Waals surface area contributed by atoms with E-state index in [4.69, 9.17) is 9.47 Å². The first-order valence-corrected chi connectivity index (χ1v) is 9.19. The van der Waals surface area contributed by atoms with Crippen molar-refractivity contribution in [3.05, 3.63) is 54.1 Å². The number of aliphatic hydroxyl groups is 1. The van der Waals surface area contributed by atoms with E-state index < -0.39 is 11.9 Å². The molecule has 0 unspecified atom stereocenters. The molecule has 0 amide bonds. The van der Waals surface area contributed by atoms with Crippen molar-refractivity contribution in [2.45, 2.75) is 12.6 Å². The third kappa shape index (κ3) is 3.79. The number of nitrogens with zero attached hydrogens (tertiary/aromatic N) is 5. The van der Waals surface area contributed by atoms with Gasteiger partial charge in [-0.15, -0.1) is 0 Å². The lowest BCUT2D eigenvalue weighted by atomic mass is 10.2. The highest BCUT2D eigenvalue weighted by molar-refractivity contribution is 5.81. The van der Waals surface area contributed by atoms with Crippen LogP contribution in [0.25, 0.3) is 22.7 Å². The number of aliphatic hydroxyl groups excluding tert-OH is 1. The summed E-state index contributed by atoms with van der Waals surface area (Å²) in [6, 6.07) is 7.71. The predicted octanol–water partition coefficient (Wildman–Crippen LogP) is 3.18. The number of halogens is 3. The molecule has 0 atom stereocenters. The third-order valence-corrected chi connectivity index (χ3v) is 4.72. The van der Waals surface area contributed by atoms with Gasteiger partial charge in [0.1, 0.15) is 12.1 Å². The van der Waals surface area contributed by atoms with Gasteiger partial charge in [-0.25, -0.2) is 14.6 Å². The van der Waals surface area contributed by atoms with E-state index >= 15 is 0 Å². The van der Waals surface area contributed by atoms with Gasteiger partial charge in [0.05, 0.1) is 25.3 Å². The molecule has 3 aromatic heterocycles. The van der Waals surface area contributed by atoms with Gasteiger partial charge in [0, 0.05) is 24.9 Å². The van der Waals surface area contributed by atoms with E-state index in [0.29, 0.717) is 33.9 Å². The minimum Gasteiger partial charge on any atom is -0.493 e. The standard InChI is InChI=1S/C20H18F3N5O3/c1-30-15-9-13-14(10-16(15)31-2)27(11-24-13)18-4-3-12(6-8-29)19(25-18)28-7-5-17(26-28)20(21,22)23/h3-5,7,9-11,29H,6,8H2,1-2H3. The van der Waals surface area contributed by atoms with Crippen LogP contribution in [0.1, 0.15) is 11.3 Å². The zero-order valence-corrected chi connectivity index (χ0v) is 16.6. The number of imidazole rings is 1. The van der Waals surface area contributed by atoms with Crippen molar-refractivity contribution in [2.75, 3.05) is 20.8 Å². The van der Waals surface area contributed by atoms with Crippen LogP contribution in [0.2, 0.25) is 0 Å². The molecule has 0 bridgehead atoms. The molecule has 31 heavy (non-hydrogen) atoms. The summed E-state index contributed by atoms with van der Waals surface area (Å²) >= 11 is 0. The summed E-state index contributed by atoms with van der Waals surface area (Å²) < 4.78 is 52.4. The molecule has 1 aromatic carbocycles. The molecule has 162 valence electrons. The van der Waals surface area contributed by atoms with E-state index in [0.717, 1.165) is 10.7 Å². The van der Waals surface area contributed by atoms with Crippen molar-refractivity contribution in [1.82, 2.24) is 24.3 Å². The van der Waals surface area contributed by atoms with E-state index in [1.807, 2.05) is 0 Å². The normalized spacial score (nSPS) is 11.8. The van der Waals surface area contributed by atoms with Crippen LogP contribution < -0.4 is 9.47 Å². The van der Waals surface area contributed by atoms with Crippen LogP contribution in [0, 0.1) is 0 Å². The van der Waals surface area contributed by atoms with Crippen LogP contribution in [0.5, 0.6) is 11.5 Å². The highest BCUT2D eigenvalue weighted by Crippen LogP contribution is 2.33.